The van der Waals surface area contributed by atoms with Gasteiger partial charge in [-0.25, -0.2) is 4.39 Å². The lowest BCUT2D eigenvalue weighted by Gasteiger charge is -2.36. The van der Waals surface area contributed by atoms with Gasteiger partial charge in [0.1, 0.15) is 5.82 Å². The highest BCUT2D eigenvalue weighted by molar-refractivity contribution is 8.07. The third kappa shape index (κ3) is 3.34. The Morgan fingerprint density at radius 1 is 1.25 bits per heavy atom. The number of halogens is 1. The summed E-state index contributed by atoms with van der Waals surface area (Å²) in [6, 6.07) is 3.82. The zero-order valence-electron chi connectivity index (χ0n) is 12.9. The minimum atomic E-state index is -0.0706. The second-order valence-corrected chi connectivity index (χ2v) is 8.69. The van der Waals surface area contributed by atoms with Crippen molar-refractivity contribution in [3.8, 4) is 0 Å². The number of nitrogens with one attached hydrogen (secondary N) is 1. The minimum absolute atomic E-state index is 0.0706. The Kier molecular flexibility index (Phi) is 5.43. The van der Waals surface area contributed by atoms with Crippen molar-refractivity contribution < 1.29 is 4.39 Å². The molecule has 4 heteroatoms. The fourth-order valence-corrected chi connectivity index (χ4v) is 5.96. The summed E-state index contributed by atoms with van der Waals surface area (Å²) in [7, 11) is 1.94. The van der Waals surface area contributed by atoms with Crippen LogP contribution in [-0.4, -0.2) is 28.6 Å². The molecule has 0 aliphatic carbocycles. The first-order chi connectivity index (χ1) is 9.43. The van der Waals surface area contributed by atoms with E-state index < -0.39 is 0 Å². The second kappa shape index (κ2) is 6.71. The zero-order valence-corrected chi connectivity index (χ0v) is 14.5. The normalized spacial score (nSPS) is 28.4. The molecule has 1 N–H and O–H groups in total. The first-order valence-electron chi connectivity index (χ1n) is 7.15. The molecule has 1 aromatic rings. The van der Waals surface area contributed by atoms with Gasteiger partial charge in [-0.3, -0.25) is 0 Å². The van der Waals surface area contributed by atoms with Gasteiger partial charge in [-0.1, -0.05) is 19.9 Å². The van der Waals surface area contributed by atoms with E-state index in [-0.39, 0.29) is 11.9 Å². The third-order valence-corrected chi connectivity index (χ3v) is 7.54. The standard InChI is InChI=1S/C16H24FNS2/c1-9-6-10(2)15(13(17)7-9)16(18-5)14-8-19-11(3)12(4)20-14/h6-7,11-12,14,16,18H,8H2,1-5H3. The van der Waals surface area contributed by atoms with Gasteiger partial charge in [0.2, 0.25) is 0 Å². The van der Waals surface area contributed by atoms with Gasteiger partial charge in [0, 0.05) is 33.1 Å². The number of benzene rings is 1. The van der Waals surface area contributed by atoms with Gasteiger partial charge in [0.05, 0.1) is 0 Å². The molecule has 1 heterocycles. The molecule has 0 saturated carbocycles. The molecule has 2 rings (SSSR count). The van der Waals surface area contributed by atoms with Crippen LogP contribution in [0.15, 0.2) is 12.1 Å². The summed E-state index contributed by atoms with van der Waals surface area (Å²) in [6.07, 6.45) is 0. The van der Waals surface area contributed by atoms with Crippen molar-refractivity contribution >= 4 is 23.5 Å². The summed E-state index contributed by atoms with van der Waals surface area (Å²) in [5.74, 6) is 1.01. The fraction of sp³-hybridized carbons (Fsp3) is 0.625. The molecule has 20 heavy (non-hydrogen) atoms. The highest BCUT2D eigenvalue weighted by Crippen LogP contribution is 2.42. The van der Waals surface area contributed by atoms with E-state index in [4.69, 9.17) is 0 Å². The SMILES string of the molecule is CNC(c1c(C)cc(C)cc1F)C1CSC(C)C(C)S1. The van der Waals surface area contributed by atoms with E-state index in [1.54, 1.807) is 6.07 Å². The number of hydrogen-bond acceptors (Lipinski definition) is 3. The van der Waals surface area contributed by atoms with Crippen molar-refractivity contribution in [1.82, 2.24) is 5.32 Å². The lowest BCUT2D eigenvalue weighted by atomic mass is 9.96. The summed E-state index contributed by atoms with van der Waals surface area (Å²) in [5, 5.41) is 5.07. The van der Waals surface area contributed by atoms with Crippen LogP contribution >= 0.6 is 23.5 Å². The Labute approximate surface area is 130 Å². The van der Waals surface area contributed by atoms with E-state index in [2.05, 4.69) is 25.2 Å². The maximum atomic E-state index is 14.4. The highest BCUT2D eigenvalue weighted by Gasteiger charge is 2.33. The summed E-state index contributed by atoms with van der Waals surface area (Å²) in [5.41, 5.74) is 2.89. The third-order valence-electron chi connectivity index (χ3n) is 4.05. The number of rotatable bonds is 3. The number of hydrogen-bond donors (Lipinski definition) is 1. The molecule has 0 spiro atoms. The molecule has 0 radical (unpaired) electrons. The number of aryl methyl sites for hydroxylation is 2. The van der Waals surface area contributed by atoms with Gasteiger partial charge >= 0.3 is 0 Å². The van der Waals surface area contributed by atoms with E-state index in [0.29, 0.717) is 15.7 Å². The molecule has 4 atom stereocenters. The smallest absolute Gasteiger partial charge is 0.128 e. The van der Waals surface area contributed by atoms with Crippen molar-refractivity contribution in [2.75, 3.05) is 12.8 Å². The molecule has 0 bridgehead atoms. The van der Waals surface area contributed by atoms with Gasteiger partial charge in [-0.15, -0.1) is 0 Å². The van der Waals surface area contributed by atoms with Gasteiger partial charge in [-0.2, -0.15) is 23.5 Å². The monoisotopic (exact) mass is 313 g/mol. The summed E-state index contributed by atoms with van der Waals surface area (Å²) in [6.45, 7) is 8.52. The average Bonchev–Trinajstić information content (AvgIpc) is 2.37. The Morgan fingerprint density at radius 3 is 2.50 bits per heavy atom. The van der Waals surface area contributed by atoms with Crippen molar-refractivity contribution in [3.63, 3.8) is 0 Å². The van der Waals surface area contributed by atoms with Gasteiger partial charge in [-0.05, 0) is 38.1 Å². The van der Waals surface area contributed by atoms with Crippen LogP contribution in [0.2, 0.25) is 0 Å². The molecule has 0 aromatic heterocycles. The van der Waals surface area contributed by atoms with Crippen LogP contribution in [0.3, 0.4) is 0 Å². The van der Waals surface area contributed by atoms with Crippen molar-refractivity contribution in [2.24, 2.45) is 0 Å². The van der Waals surface area contributed by atoms with Gasteiger partial charge in [0.25, 0.3) is 0 Å². The number of thioether (sulfide) groups is 2. The van der Waals surface area contributed by atoms with Gasteiger partial charge in [0.15, 0.2) is 0 Å². The van der Waals surface area contributed by atoms with Crippen LogP contribution in [0, 0.1) is 19.7 Å². The highest BCUT2D eigenvalue weighted by atomic mass is 32.2. The Hall–Kier alpha value is -0.190. The van der Waals surface area contributed by atoms with E-state index in [1.807, 2.05) is 44.4 Å². The minimum Gasteiger partial charge on any atom is -0.312 e. The second-order valence-electron chi connectivity index (χ2n) is 5.66. The molecular formula is C16H24FNS2. The molecule has 112 valence electrons. The molecule has 1 aliphatic rings. The van der Waals surface area contributed by atoms with E-state index in [9.17, 15) is 4.39 Å². The first-order valence-corrected chi connectivity index (χ1v) is 9.14. The topological polar surface area (TPSA) is 12.0 Å². The largest absolute Gasteiger partial charge is 0.312 e. The van der Waals surface area contributed by atoms with Crippen molar-refractivity contribution in [2.45, 2.75) is 49.5 Å². The summed E-state index contributed by atoms with van der Waals surface area (Å²) in [4.78, 5) is 0. The maximum Gasteiger partial charge on any atom is 0.128 e. The van der Waals surface area contributed by atoms with Crippen LogP contribution in [-0.2, 0) is 0 Å². The van der Waals surface area contributed by atoms with Crippen LogP contribution in [0.5, 0.6) is 0 Å². The Morgan fingerprint density at radius 2 is 1.95 bits per heavy atom. The van der Waals surface area contributed by atoms with Crippen LogP contribution in [0.25, 0.3) is 0 Å². The molecule has 1 aliphatic heterocycles. The molecule has 1 saturated heterocycles. The van der Waals surface area contributed by atoms with E-state index >= 15 is 0 Å². The first kappa shape index (κ1) is 16.2. The van der Waals surface area contributed by atoms with Gasteiger partial charge < -0.3 is 5.32 Å². The fourth-order valence-electron chi connectivity index (χ4n) is 2.82. The molecule has 4 unspecified atom stereocenters. The van der Waals surface area contributed by atoms with E-state index in [0.717, 1.165) is 22.4 Å². The zero-order chi connectivity index (χ0) is 14.9. The summed E-state index contributed by atoms with van der Waals surface area (Å²) >= 11 is 4.00. The van der Waals surface area contributed by atoms with Crippen LogP contribution in [0.4, 0.5) is 4.39 Å². The Balaban J connectivity index is 2.29. The Bertz CT molecular complexity index is 455. The lowest BCUT2D eigenvalue weighted by molar-refractivity contribution is 0.529. The predicted octanol–water partition coefficient (Wildman–Crippen LogP) is 4.33. The molecule has 1 nitrogen and oxygen atoms in total. The quantitative estimate of drug-likeness (QED) is 0.892. The van der Waals surface area contributed by atoms with Crippen molar-refractivity contribution in [1.29, 1.82) is 0 Å². The molecule has 1 aromatic carbocycles. The van der Waals surface area contributed by atoms with Crippen molar-refractivity contribution in [3.05, 3.63) is 34.6 Å². The molecular weight excluding hydrogens is 289 g/mol. The lowest BCUT2D eigenvalue weighted by Crippen LogP contribution is -2.36. The summed E-state index contributed by atoms with van der Waals surface area (Å²) < 4.78 is 14.4. The molecule has 1 fully saturated rings. The van der Waals surface area contributed by atoms with E-state index in [1.165, 1.54) is 0 Å². The average molecular weight is 314 g/mol. The maximum absolute atomic E-state index is 14.4. The van der Waals surface area contributed by atoms with Crippen LogP contribution in [0.1, 0.15) is 36.6 Å². The van der Waals surface area contributed by atoms with Crippen LogP contribution < -0.4 is 5.32 Å². The molecule has 0 amide bonds. The predicted molar refractivity (Wildman–Crippen MR) is 90.4 cm³/mol.